The van der Waals surface area contributed by atoms with Crippen LogP contribution in [0.1, 0.15) is 25.3 Å². The first kappa shape index (κ1) is 24.9. The predicted octanol–water partition coefficient (Wildman–Crippen LogP) is 3.68. The van der Waals surface area contributed by atoms with E-state index < -0.39 is 87.3 Å². The highest BCUT2D eigenvalue weighted by Crippen LogP contribution is 2.44. The van der Waals surface area contributed by atoms with E-state index in [0.29, 0.717) is 6.07 Å². The maximum Gasteiger partial charge on any atom is 0.417 e. The molecule has 0 spiro atoms. The number of hydrogen-bond acceptors (Lipinski definition) is 5. The van der Waals surface area contributed by atoms with E-state index in [1.54, 1.807) is 0 Å². The summed E-state index contributed by atoms with van der Waals surface area (Å²) < 4.78 is 98.1. The molecule has 1 aliphatic heterocycles. The molecule has 1 saturated heterocycles. The van der Waals surface area contributed by atoms with Crippen LogP contribution in [0.15, 0.2) is 27.6 Å². The largest absolute Gasteiger partial charge is 0.466 e. The average molecular weight is 548 g/mol. The molecule has 6 nitrogen and oxygen atoms in total. The number of likely N-dealkylation sites (tertiary alicyclic amines) is 1. The molecule has 178 valence electrons. The molecule has 1 aromatic rings. The van der Waals surface area contributed by atoms with E-state index in [9.17, 15) is 40.0 Å². The number of carbonyl (C=O) groups excluding carboxylic acids is 2. The SMILES string of the molecule is CCOC(=O)C1CC(S(=O)(=O)c2ccc(Br)cc2C(F)(F)F)CC1C(=O)N1CC(F)(F)C1. The van der Waals surface area contributed by atoms with Crippen LogP contribution in [-0.4, -0.2) is 56.1 Å². The lowest BCUT2D eigenvalue weighted by Gasteiger charge is -2.40. The Balaban J connectivity index is 1.95. The zero-order valence-corrected chi connectivity index (χ0v) is 19.1. The fraction of sp³-hybridized carbons (Fsp3) is 0.579. The second kappa shape index (κ2) is 8.54. The number of rotatable bonds is 5. The van der Waals surface area contributed by atoms with E-state index in [0.717, 1.165) is 17.0 Å². The summed E-state index contributed by atoms with van der Waals surface area (Å²) in [5, 5.41) is -1.49. The van der Waals surface area contributed by atoms with Crippen LogP contribution in [0.3, 0.4) is 0 Å². The minimum absolute atomic E-state index is 0.0198. The molecule has 32 heavy (non-hydrogen) atoms. The van der Waals surface area contributed by atoms with Crippen molar-refractivity contribution in [3.05, 3.63) is 28.2 Å². The summed E-state index contributed by atoms with van der Waals surface area (Å²) in [4.78, 5) is 24.9. The van der Waals surface area contributed by atoms with Crippen molar-refractivity contribution in [2.75, 3.05) is 19.7 Å². The summed E-state index contributed by atoms with van der Waals surface area (Å²) >= 11 is 2.89. The van der Waals surface area contributed by atoms with Gasteiger partial charge in [-0.2, -0.15) is 13.2 Å². The lowest BCUT2D eigenvalue weighted by molar-refractivity contribution is -0.173. The maximum atomic E-state index is 13.5. The minimum atomic E-state index is -4.97. The van der Waals surface area contributed by atoms with Gasteiger partial charge < -0.3 is 9.64 Å². The molecule has 2 fully saturated rings. The molecule has 0 aromatic heterocycles. The van der Waals surface area contributed by atoms with Gasteiger partial charge in [0, 0.05) is 4.47 Å². The monoisotopic (exact) mass is 547 g/mol. The van der Waals surface area contributed by atoms with Gasteiger partial charge in [-0.25, -0.2) is 17.2 Å². The minimum Gasteiger partial charge on any atom is -0.466 e. The molecule has 1 aromatic carbocycles. The number of sulfone groups is 1. The van der Waals surface area contributed by atoms with Gasteiger partial charge in [0.1, 0.15) is 0 Å². The van der Waals surface area contributed by atoms with Crippen molar-refractivity contribution >= 4 is 37.6 Å². The van der Waals surface area contributed by atoms with Crippen LogP contribution in [0.4, 0.5) is 22.0 Å². The molecule has 3 rings (SSSR count). The number of halogens is 6. The first-order valence-electron chi connectivity index (χ1n) is 9.61. The smallest absolute Gasteiger partial charge is 0.417 e. The Morgan fingerprint density at radius 2 is 1.78 bits per heavy atom. The van der Waals surface area contributed by atoms with Crippen molar-refractivity contribution in [2.24, 2.45) is 11.8 Å². The van der Waals surface area contributed by atoms with E-state index in [1.807, 2.05) is 0 Å². The molecule has 3 unspecified atom stereocenters. The molecule has 1 saturated carbocycles. The molecular formula is C19H19BrF5NO5S. The lowest BCUT2D eigenvalue weighted by Crippen LogP contribution is -2.60. The second-order valence-electron chi connectivity index (χ2n) is 7.79. The number of carbonyl (C=O) groups is 2. The molecule has 1 amide bonds. The Hall–Kier alpha value is -1.76. The van der Waals surface area contributed by atoms with Crippen molar-refractivity contribution in [1.29, 1.82) is 0 Å². The maximum absolute atomic E-state index is 13.5. The molecule has 13 heteroatoms. The van der Waals surface area contributed by atoms with Crippen LogP contribution < -0.4 is 0 Å². The number of esters is 1. The topological polar surface area (TPSA) is 80.8 Å². The van der Waals surface area contributed by atoms with Crippen LogP contribution in [0, 0.1) is 11.8 Å². The highest BCUT2D eigenvalue weighted by Gasteiger charge is 2.54. The molecule has 2 aliphatic rings. The van der Waals surface area contributed by atoms with E-state index in [2.05, 4.69) is 15.9 Å². The molecule has 0 radical (unpaired) electrons. The first-order chi connectivity index (χ1) is 14.7. The van der Waals surface area contributed by atoms with Crippen LogP contribution in [0.2, 0.25) is 0 Å². The molecule has 1 heterocycles. The molecular weight excluding hydrogens is 529 g/mol. The van der Waals surface area contributed by atoms with Crippen LogP contribution in [-0.2, 0) is 30.3 Å². The summed E-state index contributed by atoms with van der Waals surface area (Å²) in [7, 11) is -4.62. The van der Waals surface area contributed by atoms with Crippen LogP contribution >= 0.6 is 15.9 Å². The standard InChI is InChI=1S/C19H19BrF5NO5S/c1-2-31-17(28)13-7-11(6-12(13)16(27)26-8-18(21,22)9-26)32(29,30)15-4-3-10(20)5-14(15)19(23,24)25/h3-5,11-13H,2,6-9H2,1H3. The fourth-order valence-corrected chi connectivity index (χ4v) is 6.46. The van der Waals surface area contributed by atoms with Gasteiger partial charge in [-0.05, 0) is 38.0 Å². The van der Waals surface area contributed by atoms with E-state index in [1.165, 1.54) is 6.92 Å². The highest BCUT2D eigenvalue weighted by molar-refractivity contribution is 9.10. The third kappa shape index (κ3) is 4.78. The third-order valence-corrected chi connectivity index (χ3v) is 8.30. The van der Waals surface area contributed by atoms with Crippen LogP contribution in [0.25, 0.3) is 0 Å². The quantitative estimate of drug-likeness (QED) is 0.415. The van der Waals surface area contributed by atoms with Gasteiger partial charge in [0.25, 0.3) is 5.92 Å². The fourth-order valence-electron chi connectivity index (χ4n) is 4.08. The number of alkyl halides is 5. The van der Waals surface area contributed by atoms with E-state index in [-0.39, 0.29) is 11.1 Å². The van der Waals surface area contributed by atoms with Crippen LogP contribution in [0.5, 0.6) is 0 Å². The van der Waals surface area contributed by atoms with Crippen molar-refractivity contribution in [3.8, 4) is 0 Å². The van der Waals surface area contributed by atoms with Gasteiger partial charge in [-0.1, -0.05) is 15.9 Å². The summed E-state index contributed by atoms with van der Waals surface area (Å²) in [5.74, 6) is -7.34. The molecule has 1 aliphatic carbocycles. The van der Waals surface area contributed by atoms with Crippen molar-refractivity contribution in [1.82, 2.24) is 4.90 Å². The Bertz CT molecular complexity index is 1020. The Morgan fingerprint density at radius 1 is 1.19 bits per heavy atom. The zero-order chi connectivity index (χ0) is 24.1. The number of amides is 1. The second-order valence-corrected chi connectivity index (χ2v) is 10.9. The summed E-state index contributed by atoms with van der Waals surface area (Å²) in [5.41, 5.74) is -1.38. The molecule has 0 bridgehead atoms. The van der Waals surface area contributed by atoms with Gasteiger partial charge >= 0.3 is 12.1 Å². The van der Waals surface area contributed by atoms with E-state index in [4.69, 9.17) is 4.74 Å². The van der Waals surface area contributed by atoms with Gasteiger partial charge in [0.05, 0.1) is 47.2 Å². The molecule has 0 N–H and O–H groups in total. The zero-order valence-electron chi connectivity index (χ0n) is 16.7. The summed E-state index contributed by atoms with van der Waals surface area (Å²) in [6, 6.07) is 2.59. The number of hydrogen-bond donors (Lipinski definition) is 0. The lowest BCUT2D eigenvalue weighted by atomic mass is 9.93. The van der Waals surface area contributed by atoms with Gasteiger partial charge in [-0.15, -0.1) is 0 Å². The predicted molar refractivity (Wildman–Crippen MR) is 104 cm³/mol. The summed E-state index contributed by atoms with van der Waals surface area (Å²) in [6.07, 6.45) is -5.89. The Labute approximate surface area is 189 Å². The Morgan fingerprint density at radius 3 is 2.31 bits per heavy atom. The van der Waals surface area contributed by atoms with Crippen molar-refractivity contribution < 1.29 is 44.7 Å². The number of nitrogens with zero attached hydrogens (tertiary/aromatic N) is 1. The van der Waals surface area contributed by atoms with Gasteiger partial charge in [0.15, 0.2) is 9.84 Å². The Kier molecular flexibility index (Phi) is 6.64. The normalized spacial score (nSPS) is 25.3. The molecule has 3 atom stereocenters. The summed E-state index contributed by atoms with van der Waals surface area (Å²) in [6.45, 7) is -0.299. The number of ether oxygens (including phenoxy) is 1. The average Bonchev–Trinajstić information content (AvgIpc) is 3.11. The van der Waals surface area contributed by atoms with Crippen molar-refractivity contribution in [2.45, 2.75) is 42.0 Å². The first-order valence-corrected chi connectivity index (χ1v) is 11.9. The highest BCUT2D eigenvalue weighted by atomic mass is 79.9. The van der Waals surface area contributed by atoms with Crippen molar-refractivity contribution in [3.63, 3.8) is 0 Å². The third-order valence-electron chi connectivity index (χ3n) is 5.57. The number of benzene rings is 1. The van der Waals surface area contributed by atoms with Gasteiger partial charge in [0.2, 0.25) is 5.91 Å². The van der Waals surface area contributed by atoms with E-state index >= 15 is 0 Å². The van der Waals surface area contributed by atoms with Gasteiger partial charge in [-0.3, -0.25) is 9.59 Å².